The van der Waals surface area contributed by atoms with Gasteiger partial charge in [0.25, 0.3) is 0 Å². The molecule has 31 heavy (non-hydrogen) atoms. The van der Waals surface area contributed by atoms with E-state index in [1.54, 1.807) is 7.11 Å². The second kappa shape index (κ2) is 9.43. The molecule has 0 fully saturated rings. The van der Waals surface area contributed by atoms with Crippen LogP contribution in [0.3, 0.4) is 0 Å². The number of hydrogen-bond donors (Lipinski definition) is 1. The van der Waals surface area contributed by atoms with E-state index in [1.807, 2.05) is 55.7 Å². The third-order valence-corrected chi connectivity index (χ3v) is 5.32. The van der Waals surface area contributed by atoms with Gasteiger partial charge in [0.1, 0.15) is 11.4 Å². The fraction of sp³-hybridized carbons (Fsp3) is 0.240. The average Bonchev–Trinajstić information content (AvgIpc) is 3.15. The maximum absolute atomic E-state index is 12.3. The SMILES string of the molecule is COc1cccc(CC(=O)NCCCn2c(-c3cccnc3C)cc3cccnc32)c1. The lowest BCUT2D eigenvalue weighted by molar-refractivity contribution is -0.120. The monoisotopic (exact) mass is 414 g/mol. The second-order valence-corrected chi connectivity index (χ2v) is 7.47. The lowest BCUT2D eigenvalue weighted by Gasteiger charge is -2.12. The molecule has 0 bridgehead atoms. The Morgan fingerprint density at radius 2 is 1.90 bits per heavy atom. The second-order valence-electron chi connectivity index (χ2n) is 7.47. The summed E-state index contributed by atoms with van der Waals surface area (Å²) in [6.07, 6.45) is 4.76. The Balaban J connectivity index is 1.42. The van der Waals surface area contributed by atoms with Crippen molar-refractivity contribution in [2.75, 3.05) is 13.7 Å². The van der Waals surface area contributed by atoms with Gasteiger partial charge in [-0.15, -0.1) is 0 Å². The quantitative estimate of drug-likeness (QED) is 0.440. The Hall–Kier alpha value is -3.67. The van der Waals surface area contributed by atoms with Crippen LogP contribution in [-0.2, 0) is 17.8 Å². The zero-order valence-corrected chi connectivity index (χ0v) is 17.8. The maximum Gasteiger partial charge on any atom is 0.224 e. The van der Waals surface area contributed by atoms with E-state index in [2.05, 4.69) is 38.1 Å². The Bertz CT molecular complexity index is 1200. The fourth-order valence-electron chi connectivity index (χ4n) is 3.79. The van der Waals surface area contributed by atoms with E-state index >= 15 is 0 Å². The smallest absolute Gasteiger partial charge is 0.224 e. The third-order valence-electron chi connectivity index (χ3n) is 5.32. The molecule has 3 heterocycles. The van der Waals surface area contributed by atoms with Gasteiger partial charge in [0, 0.05) is 42.1 Å². The minimum absolute atomic E-state index is 0.00655. The first-order valence-electron chi connectivity index (χ1n) is 10.4. The van der Waals surface area contributed by atoms with Crippen molar-refractivity contribution >= 4 is 16.9 Å². The standard InChI is InChI=1S/C25H26N4O2/c1-18-22(10-5-11-26-18)23-17-20-8-4-12-28-25(20)29(23)14-6-13-27-24(30)16-19-7-3-9-21(15-19)31-2/h3-5,7-12,15,17H,6,13-14,16H2,1-2H3,(H,27,30). The van der Waals surface area contributed by atoms with Crippen molar-refractivity contribution in [3.63, 3.8) is 0 Å². The molecule has 0 aliphatic carbocycles. The summed E-state index contributed by atoms with van der Waals surface area (Å²) in [4.78, 5) is 21.4. The van der Waals surface area contributed by atoms with Crippen molar-refractivity contribution in [3.05, 3.63) is 78.2 Å². The number of carbonyl (C=O) groups excluding carboxylic acids is 1. The number of hydrogen-bond acceptors (Lipinski definition) is 4. The lowest BCUT2D eigenvalue weighted by Crippen LogP contribution is -2.26. The summed E-state index contributed by atoms with van der Waals surface area (Å²) in [6, 6.07) is 17.8. The summed E-state index contributed by atoms with van der Waals surface area (Å²) in [5.74, 6) is 0.766. The van der Waals surface area contributed by atoms with E-state index in [0.717, 1.165) is 52.3 Å². The van der Waals surface area contributed by atoms with Gasteiger partial charge in [0.05, 0.1) is 19.2 Å². The first-order valence-corrected chi connectivity index (χ1v) is 10.4. The van der Waals surface area contributed by atoms with Crippen LogP contribution in [0.25, 0.3) is 22.3 Å². The highest BCUT2D eigenvalue weighted by Crippen LogP contribution is 2.28. The van der Waals surface area contributed by atoms with Crippen LogP contribution < -0.4 is 10.1 Å². The minimum Gasteiger partial charge on any atom is -0.497 e. The molecule has 4 rings (SSSR count). The number of rotatable bonds is 8. The number of ether oxygens (including phenoxy) is 1. The molecule has 6 heteroatoms. The number of amides is 1. The zero-order valence-electron chi connectivity index (χ0n) is 17.8. The first kappa shape index (κ1) is 20.6. The number of carbonyl (C=O) groups is 1. The van der Waals surface area contributed by atoms with Gasteiger partial charge in [-0.3, -0.25) is 9.78 Å². The van der Waals surface area contributed by atoms with E-state index in [4.69, 9.17) is 4.74 Å². The number of aromatic nitrogens is 3. The van der Waals surface area contributed by atoms with Gasteiger partial charge < -0.3 is 14.6 Å². The third kappa shape index (κ3) is 4.74. The van der Waals surface area contributed by atoms with Crippen LogP contribution >= 0.6 is 0 Å². The molecule has 0 aliphatic heterocycles. The lowest BCUT2D eigenvalue weighted by atomic mass is 10.1. The molecule has 0 atom stereocenters. The first-order chi connectivity index (χ1) is 15.2. The van der Waals surface area contributed by atoms with Gasteiger partial charge in [-0.25, -0.2) is 4.98 Å². The number of nitrogens with zero attached hydrogens (tertiary/aromatic N) is 3. The van der Waals surface area contributed by atoms with Crippen LogP contribution in [0.4, 0.5) is 0 Å². The van der Waals surface area contributed by atoms with Gasteiger partial charge in [0.15, 0.2) is 0 Å². The molecule has 1 N–H and O–H groups in total. The topological polar surface area (TPSA) is 69.0 Å². The molecule has 1 aromatic carbocycles. The molecule has 1 amide bonds. The Morgan fingerprint density at radius 3 is 2.74 bits per heavy atom. The maximum atomic E-state index is 12.3. The molecule has 0 unspecified atom stereocenters. The molecule has 4 aromatic rings. The van der Waals surface area contributed by atoms with E-state index in [0.29, 0.717) is 13.0 Å². The highest BCUT2D eigenvalue weighted by molar-refractivity contribution is 5.84. The van der Waals surface area contributed by atoms with Crippen molar-refractivity contribution in [2.24, 2.45) is 0 Å². The number of methoxy groups -OCH3 is 1. The van der Waals surface area contributed by atoms with Crippen molar-refractivity contribution in [1.29, 1.82) is 0 Å². The predicted octanol–water partition coefficient (Wildman–Crippen LogP) is 4.16. The molecular formula is C25H26N4O2. The number of pyridine rings is 2. The van der Waals surface area contributed by atoms with Crippen LogP contribution in [0.2, 0.25) is 0 Å². The van der Waals surface area contributed by atoms with Crippen LogP contribution in [0.1, 0.15) is 17.7 Å². The predicted molar refractivity (Wildman–Crippen MR) is 122 cm³/mol. The molecule has 0 radical (unpaired) electrons. The summed E-state index contributed by atoms with van der Waals surface area (Å²) >= 11 is 0. The van der Waals surface area contributed by atoms with E-state index in [-0.39, 0.29) is 5.91 Å². The molecule has 158 valence electrons. The average molecular weight is 415 g/mol. The number of fused-ring (bicyclic) bond motifs is 1. The number of nitrogens with one attached hydrogen (secondary N) is 1. The van der Waals surface area contributed by atoms with Gasteiger partial charge in [0.2, 0.25) is 5.91 Å². The van der Waals surface area contributed by atoms with Gasteiger partial charge in [-0.2, -0.15) is 0 Å². The van der Waals surface area contributed by atoms with Crippen molar-refractivity contribution < 1.29 is 9.53 Å². The van der Waals surface area contributed by atoms with Crippen LogP contribution in [0, 0.1) is 6.92 Å². The molecule has 0 spiro atoms. The van der Waals surface area contributed by atoms with Crippen molar-refractivity contribution in [2.45, 2.75) is 26.3 Å². The Morgan fingerprint density at radius 1 is 1.06 bits per heavy atom. The molecule has 6 nitrogen and oxygen atoms in total. The molecule has 0 aliphatic rings. The molecule has 0 saturated heterocycles. The Labute approximate surface area is 181 Å². The molecular weight excluding hydrogens is 388 g/mol. The van der Waals surface area contributed by atoms with E-state index < -0.39 is 0 Å². The zero-order chi connectivity index (χ0) is 21.6. The van der Waals surface area contributed by atoms with E-state index in [9.17, 15) is 4.79 Å². The largest absolute Gasteiger partial charge is 0.497 e. The normalized spacial score (nSPS) is 10.9. The highest BCUT2D eigenvalue weighted by atomic mass is 16.5. The van der Waals surface area contributed by atoms with Crippen molar-refractivity contribution in [3.8, 4) is 17.0 Å². The summed E-state index contributed by atoms with van der Waals surface area (Å²) in [5.41, 5.74) is 5.07. The van der Waals surface area contributed by atoms with Crippen LogP contribution in [0.15, 0.2) is 67.0 Å². The summed E-state index contributed by atoms with van der Waals surface area (Å²) in [7, 11) is 1.63. The summed E-state index contributed by atoms with van der Waals surface area (Å²) in [6.45, 7) is 3.37. The highest BCUT2D eigenvalue weighted by Gasteiger charge is 2.13. The van der Waals surface area contributed by atoms with Gasteiger partial charge in [-0.05, 0) is 61.4 Å². The fourth-order valence-corrected chi connectivity index (χ4v) is 3.79. The minimum atomic E-state index is 0.00655. The molecule has 0 saturated carbocycles. The summed E-state index contributed by atoms with van der Waals surface area (Å²) < 4.78 is 7.44. The van der Waals surface area contributed by atoms with E-state index in [1.165, 1.54) is 0 Å². The summed E-state index contributed by atoms with van der Waals surface area (Å²) in [5, 5.41) is 4.12. The Kier molecular flexibility index (Phi) is 6.26. The number of aryl methyl sites for hydroxylation is 2. The van der Waals surface area contributed by atoms with Crippen molar-refractivity contribution in [1.82, 2.24) is 19.9 Å². The van der Waals surface area contributed by atoms with Crippen LogP contribution in [-0.4, -0.2) is 34.1 Å². The van der Waals surface area contributed by atoms with Gasteiger partial charge in [-0.1, -0.05) is 12.1 Å². The van der Waals surface area contributed by atoms with Crippen LogP contribution in [0.5, 0.6) is 5.75 Å². The molecule has 3 aromatic heterocycles. The number of benzene rings is 1. The van der Waals surface area contributed by atoms with Gasteiger partial charge >= 0.3 is 0 Å².